The van der Waals surface area contributed by atoms with Crippen molar-refractivity contribution in [3.05, 3.63) is 29.8 Å². The maximum Gasteiger partial charge on any atom is 0.123 e. The molecule has 0 heterocycles. The molecule has 1 aliphatic rings. The summed E-state index contributed by atoms with van der Waals surface area (Å²) in [5.74, 6) is 0.973. The Bertz CT molecular complexity index is 373. The van der Waals surface area contributed by atoms with E-state index >= 15 is 0 Å². The molecule has 0 radical (unpaired) electrons. The van der Waals surface area contributed by atoms with Crippen LogP contribution in [0.15, 0.2) is 24.3 Å². The molecule has 0 amide bonds. The number of ether oxygens (including phenoxy) is 1. The molecule has 16 heavy (non-hydrogen) atoms. The van der Waals surface area contributed by atoms with Gasteiger partial charge in [0.2, 0.25) is 0 Å². The number of benzene rings is 1. The Morgan fingerprint density at radius 3 is 2.56 bits per heavy atom. The molecule has 0 bridgehead atoms. The van der Waals surface area contributed by atoms with Crippen LogP contribution in [0.2, 0.25) is 0 Å². The first-order valence-corrected chi connectivity index (χ1v) is 5.93. The van der Waals surface area contributed by atoms with E-state index in [2.05, 4.69) is 38.2 Å². The molecular formula is C14H21NO. The van der Waals surface area contributed by atoms with Gasteiger partial charge in [-0.15, -0.1) is 0 Å². The number of hydrogen-bond donors (Lipinski definition) is 1. The highest BCUT2D eigenvalue weighted by Crippen LogP contribution is 2.46. The van der Waals surface area contributed by atoms with Crippen LogP contribution in [-0.4, -0.2) is 13.2 Å². The molecule has 0 aromatic heterocycles. The largest absolute Gasteiger partial charge is 0.496 e. The van der Waals surface area contributed by atoms with Crippen molar-refractivity contribution in [2.45, 2.75) is 39.3 Å². The van der Waals surface area contributed by atoms with Gasteiger partial charge in [-0.1, -0.05) is 32.0 Å². The second kappa shape index (κ2) is 4.10. The molecule has 1 N–H and O–H groups in total. The molecule has 1 fully saturated rings. The lowest BCUT2D eigenvalue weighted by molar-refractivity contribution is 0.398. The standard InChI is InChI=1S/C14H21NO/c1-10(15-13-9-14(13,2)3)11-7-5-6-8-12(11)16-4/h5-8,10,13,15H,9H2,1-4H3. The van der Waals surface area contributed by atoms with Crippen molar-refractivity contribution >= 4 is 0 Å². The minimum absolute atomic E-state index is 0.350. The lowest BCUT2D eigenvalue weighted by atomic mass is 10.1. The Morgan fingerprint density at radius 2 is 2.00 bits per heavy atom. The van der Waals surface area contributed by atoms with Crippen molar-refractivity contribution < 1.29 is 4.74 Å². The van der Waals surface area contributed by atoms with Crippen LogP contribution in [0.3, 0.4) is 0 Å². The molecule has 2 nitrogen and oxygen atoms in total. The fraction of sp³-hybridized carbons (Fsp3) is 0.571. The molecule has 1 aromatic carbocycles. The Hall–Kier alpha value is -1.02. The van der Waals surface area contributed by atoms with Crippen molar-refractivity contribution in [1.29, 1.82) is 0 Å². The van der Waals surface area contributed by atoms with Crippen LogP contribution in [0.5, 0.6) is 5.75 Å². The Balaban J connectivity index is 2.06. The van der Waals surface area contributed by atoms with E-state index in [1.807, 2.05) is 12.1 Å². The molecule has 2 rings (SSSR count). The summed E-state index contributed by atoms with van der Waals surface area (Å²) in [5, 5.41) is 3.66. The number of rotatable bonds is 4. The van der Waals surface area contributed by atoms with Crippen LogP contribution < -0.4 is 10.1 Å². The van der Waals surface area contributed by atoms with Gasteiger partial charge in [-0.2, -0.15) is 0 Å². The van der Waals surface area contributed by atoms with Gasteiger partial charge in [0.15, 0.2) is 0 Å². The summed E-state index contributed by atoms with van der Waals surface area (Å²) in [7, 11) is 1.73. The zero-order valence-corrected chi connectivity index (χ0v) is 10.6. The molecule has 2 unspecified atom stereocenters. The molecule has 88 valence electrons. The van der Waals surface area contributed by atoms with Crippen molar-refractivity contribution in [3.63, 3.8) is 0 Å². The summed E-state index contributed by atoms with van der Waals surface area (Å²) >= 11 is 0. The van der Waals surface area contributed by atoms with Crippen LogP contribution in [0.4, 0.5) is 0 Å². The highest BCUT2D eigenvalue weighted by Gasteiger charge is 2.46. The molecule has 1 aromatic rings. The smallest absolute Gasteiger partial charge is 0.123 e. The third kappa shape index (κ3) is 2.22. The van der Waals surface area contributed by atoms with E-state index in [0.29, 0.717) is 17.5 Å². The Kier molecular flexibility index (Phi) is 2.94. The second-order valence-corrected chi connectivity index (χ2v) is 5.38. The highest BCUT2D eigenvalue weighted by atomic mass is 16.5. The predicted octanol–water partition coefficient (Wildman–Crippen LogP) is 3.14. The van der Waals surface area contributed by atoms with Crippen molar-refractivity contribution in [2.24, 2.45) is 5.41 Å². The monoisotopic (exact) mass is 219 g/mol. The summed E-state index contributed by atoms with van der Waals surface area (Å²) in [6.45, 7) is 6.81. The quantitative estimate of drug-likeness (QED) is 0.840. The second-order valence-electron chi connectivity index (χ2n) is 5.38. The molecule has 1 saturated carbocycles. The average molecular weight is 219 g/mol. The van der Waals surface area contributed by atoms with Gasteiger partial charge in [0.25, 0.3) is 0 Å². The third-order valence-corrected chi connectivity index (χ3v) is 3.57. The molecule has 2 heteroatoms. The Labute approximate surface area is 98.0 Å². The first-order chi connectivity index (χ1) is 7.54. The van der Waals surface area contributed by atoms with Crippen LogP contribution in [0.25, 0.3) is 0 Å². The highest BCUT2D eigenvalue weighted by molar-refractivity contribution is 5.35. The number of para-hydroxylation sites is 1. The fourth-order valence-corrected chi connectivity index (χ4v) is 2.17. The average Bonchev–Trinajstić information content (AvgIpc) is 2.85. The van der Waals surface area contributed by atoms with Crippen LogP contribution in [0.1, 0.15) is 38.8 Å². The van der Waals surface area contributed by atoms with E-state index in [9.17, 15) is 0 Å². The van der Waals surface area contributed by atoms with E-state index in [1.165, 1.54) is 12.0 Å². The first kappa shape index (κ1) is 11.5. The first-order valence-electron chi connectivity index (χ1n) is 5.93. The van der Waals surface area contributed by atoms with Gasteiger partial charge < -0.3 is 10.1 Å². The zero-order chi connectivity index (χ0) is 11.8. The van der Waals surface area contributed by atoms with Crippen LogP contribution >= 0.6 is 0 Å². The fourth-order valence-electron chi connectivity index (χ4n) is 2.17. The van der Waals surface area contributed by atoms with Gasteiger partial charge >= 0.3 is 0 Å². The maximum absolute atomic E-state index is 5.38. The van der Waals surface area contributed by atoms with E-state index < -0.39 is 0 Å². The number of nitrogens with one attached hydrogen (secondary N) is 1. The van der Waals surface area contributed by atoms with Gasteiger partial charge in [-0.05, 0) is 24.8 Å². The SMILES string of the molecule is COc1ccccc1C(C)NC1CC1(C)C. The van der Waals surface area contributed by atoms with E-state index in [0.717, 1.165) is 5.75 Å². The summed E-state index contributed by atoms with van der Waals surface area (Å²) in [5.41, 5.74) is 1.71. The molecule has 0 spiro atoms. The van der Waals surface area contributed by atoms with Gasteiger partial charge in [0.05, 0.1) is 7.11 Å². The molecular weight excluding hydrogens is 198 g/mol. The van der Waals surface area contributed by atoms with E-state index in [1.54, 1.807) is 7.11 Å². The van der Waals surface area contributed by atoms with Crippen molar-refractivity contribution in [1.82, 2.24) is 5.32 Å². The van der Waals surface area contributed by atoms with Crippen LogP contribution in [0, 0.1) is 5.41 Å². The van der Waals surface area contributed by atoms with E-state index in [-0.39, 0.29) is 0 Å². The van der Waals surface area contributed by atoms with Gasteiger partial charge in [0.1, 0.15) is 5.75 Å². The van der Waals surface area contributed by atoms with Crippen molar-refractivity contribution in [2.75, 3.05) is 7.11 Å². The molecule has 1 aliphatic carbocycles. The zero-order valence-electron chi connectivity index (χ0n) is 10.6. The predicted molar refractivity (Wildman–Crippen MR) is 66.7 cm³/mol. The van der Waals surface area contributed by atoms with Crippen molar-refractivity contribution in [3.8, 4) is 5.75 Å². The summed E-state index contributed by atoms with van der Waals surface area (Å²) in [6.07, 6.45) is 1.27. The topological polar surface area (TPSA) is 21.3 Å². The lowest BCUT2D eigenvalue weighted by Gasteiger charge is -2.18. The molecule has 0 aliphatic heterocycles. The maximum atomic E-state index is 5.38. The Morgan fingerprint density at radius 1 is 1.38 bits per heavy atom. The minimum atomic E-state index is 0.350. The molecule has 2 atom stereocenters. The summed E-state index contributed by atoms with van der Waals surface area (Å²) < 4.78 is 5.38. The van der Waals surface area contributed by atoms with Gasteiger partial charge in [0, 0.05) is 17.6 Å². The number of methoxy groups -OCH3 is 1. The van der Waals surface area contributed by atoms with E-state index in [4.69, 9.17) is 4.74 Å². The number of hydrogen-bond acceptors (Lipinski definition) is 2. The van der Waals surface area contributed by atoms with Gasteiger partial charge in [-0.25, -0.2) is 0 Å². The van der Waals surface area contributed by atoms with Gasteiger partial charge in [-0.3, -0.25) is 0 Å². The summed E-state index contributed by atoms with van der Waals surface area (Å²) in [4.78, 5) is 0. The third-order valence-electron chi connectivity index (χ3n) is 3.57. The normalized spacial score (nSPS) is 23.9. The lowest BCUT2D eigenvalue weighted by Crippen LogP contribution is -2.24. The minimum Gasteiger partial charge on any atom is -0.496 e. The molecule has 0 saturated heterocycles. The summed E-state index contributed by atoms with van der Waals surface area (Å²) in [6, 6.07) is 9.22. The van der Waals surface area contributed by atoms with Crippen LogP contribution in [-0.2, 0) is 0 Å².